The second-order valence-corrected chi connectivity index (χ2v) is 10.8. The zero-order valence-corrected chi connectivity index (χ0v) is 22.4. The van der Waals surface area contributed by atoms with Crippen molar-refractivity contribution in [1.82, 2.24) is 0 Å². The Labute approximate surface area is 223 Å². The van der Waals surface area contributed by atoms with E-state index in [1.807, 2.05) is 0 Å². The summed E-state index contributed by atoms with van der Waals surface area (Å²) in [5.41, 5.74) is 11.1. The first-order valence-electron chi connectivity index (χ1n) is 13.6. The van der Waals surface area contributed by atoms with E-state index in [-0.39, 0.29) is 0 Å². The van der Waals surface area contributed by atoms with Gasteiger partial charge in [0.15, 0.2) is 0 Å². The number of ether oxygens (including phenoxy) is 1. The van der Waals surface area contributed by atoms with Gasteiger partial charge in [0, 0.05) is 5.92 Å². The van der Waals surface area contributed by atoms with Crippen molar-refractivity contribution in [3.63, 3.8) is 0 Å². The summed E-state index contributed by atoms with van der Waals surface area (Å²) in [5, 5.41) is 0. The molecule has 3 atom stereocenters. The lowest BCUT2D eigenvalue weighted by Crippen LogP contribution is -2.14. The first kappa shape index (κ1) is 25.1. The fourth-order valence-corrected chi connectivity index (χ4v) is 6.01. The van der Waals surface area contributed by atoms with Gasteiger partial charge in [-0.15, -0.1) is 0 Å². The van der Waals surface area contributed by atoms with Crippen LogP contribution in [-0.4, -0.2) is 0 Å². The predicted molar refractivity (Wildman–Crippen MR) is 157 cm³/mol. The van der Waals surface area contributed by atoms with Crippen LogP contribution in [0.3, 0.4) is 0 Å². The van der Waals surface area contributed by atoms with Crippen molar-refractivity contribution in [3.8, 4) is 11.1 Å². The molecule has 0 radical (unpaired) electrons. The smallest absolute Gasteiger partial charge is 0.129 e. The minimum absolute atomic E-state index is 0.400. The average molecular weight is 487 g/mol. The molecule has 3 aliphatic rings. The van der Waals surface area contributed by atoms with E-state index in [0.717, 1.165) is 31.4 Å². The maximum Gasteiger partial charge on any atom is 0.129 e. The van der Waals surface area contributed by atoms with Gasteiger partial charge in [0.1, 0.15) is 5.76 Å². The van der Waals surface area contributed by atoms with Gasteiger partial charge in [0.05, 0.1) is 6.26 Å². The third-order valence-corrected chi connectivity index (χ3v) is 8.04. The number of allylic oxidation sites excluding steroid dienone is 11. The number of rotatable bonds is 7. The number of hydrogen-bond donors (Lipinski definition) is 0. The van der Waals surface area contributed by atoms with Crippen LogP contribution >= 0.6 is 0 Å². The summed E-state index contributed by atoms with van der Waals surface area (Å²) in [7, 11) is 0. The molecule has 188 valence electrons. The molecule has 0 fully saturated rings. The zero-order valence-electron chi connectivity index (χ0n) is 22.4. The molecule has 1 nitrogen and oxygen atoms in total. The first-order valence-corrected chi connectivity index (χ1v) is 13.6. The first-order chi connectivity index (χ1) is 18.0. The van der Waals surface area contributed by atoms with E-state index in [4.69, 9.17) is 4.74 Å². The van der Waals surface area contributed by atoms with E-state index in [0.29, 0.717) is 17.8 Å². The lowest BCUT2D eigenvalue weighted by Gasteiger charge is -2.28. The van der Waals surface area contributed by atoms with Crippen LogP contribution in [0.5, 0.6) is 0 Å². The van der Waals surface area contributed by atoms with Crippen LogP contribution in [0.25, 0.3) is 11.1 Å². The Morgan fingerprint density at radius 3 is 2.51 bits per heavy atom. The van der Waals surface area contributed by atoms with Gasteiger partial charge >= 0.3 is 0 Å². The van der Waals surface area contributed by atoms with Crippen LogP contribution in [-0.2, 0) is 11.2 Å². The van der Waals surface area contributed by atoms with Crippen LogP contribution in [0, 0.1) is 11.8 Å². The molecule has 0 aromatic heterocycles. The number of benzene rings is 2. The summed E-state index contributed by atoms with van der Waals surface area (Å²) in [6, 6.07) is 17.8. The average Bonchev–Trinajstić information content (AvgIpc) is 2.91. The maximum atomic E-state index is 5.82. The Morgan fingerprint density at radius 1 is 0.946 bits per heavy atom. The van der Waals surface area contributed by atoms with Crippen LogP contribution < -0.4 is 0 Å². The van der Waals surface area contributed by atoms with Gasteiger partial charge in [-0.1, -0.05) is 117 Å². The van der Waals surface area contributed by atoms with Gasteiger partial charge in [-0.2, -0.15) is 0 Å². The highest BCUT2D eigenvalue weighted by Crippen LogP contribution is 2.40. The molecule has 2 aromatic carbocycles. The minimum Gasteiger partial charge on any atom is -0.465 e. The lowest BCUT2D eigenvalue weighted by molar-refractivity contribution is 0.358. The molecule has 5 rings (SSSR count). The molecule has 0 saturated heterocycles. The van der Waals surface area contributed by atoms with Crippen LogP contribution in [0.15, 0.2) is 132 Å². The molecule has 1 heteroatoms. The largest absolute Gasteiger partial charge is 0.465 e. The fourth-order valence-electron chi connectivity index (χ4n) is 6.01. The highest BCUT2D eigenvalue weighted by molar-refractivity contribution is 5.66. The predicted octanol–water partition coefficient (Wildman–Crippen LogP) is 9.79. The molecule has 0 heterocycles. The number of hydrogen-bond acceptors (Lipinski definition) is 1. The highest BCUT2D eigenvalue weighted by Gasteiger charge is 2.25. The fraction of sp³-hybridized carbons (Fsp3) is 0.278. The summed E-state index contributed by atoms with van der Waals surface area (Å²) < 4.78 is 5.82. The van der Waals surface area contributed by atoms with Crippen molar-refractivity contribution in [2.75, 3.05) is 0 Å². The van der Waals surface area contributed by atoms with E-state index in [2.05, 4.69) is 118 Å². The third-order valence-electron chi connectivity index (χ3n) is 8.04. The summed E-state index contributed by atoms with van der Waals surface area (Å²) >= 11 is 0. The van der Waals surface area contributed by atoms with Crippen molar-refractivity contribution in [2.45, 2.75) is 52.4 Å². The second kappa shape index (κ2) is 11.2. The van der Waals surface area contributed by atoms with E-state index < -0.39 is 0 Å². The molecular formula is C36H38O. The van der Waals surface area contributed by atoms with E-state index >= 15 is 0 Å². The standard InChI is InChI=1S/C36H38O/c1-5-37-36-21-25(2)15-19-34(36)33-20-16-28(22-27(33)4)23-31-18-17-30(29-12-7-6-8-13-29)24-35(31)32-14-10-9-11-26(32)3/h5-14,16-18,20-21,24,26-27,32H,1,15,19,22-23H2,2-4H3. The topological polar surface area (TPSA) is 9.23 Å². The van der Waals surface area contributed by atoms with Crippen LogP contribution in [0.4, 0.5) is 0 Å². The molecule has 0 amide bonds. The quantitative estimate of drug-likeness (QED) is 0.354. The van der Waals surface area contributed by atoms with Gasteiger partial charge in [-0.3, -0.25) is 0 Å². The van der Waals surface area contributed by atoms with Crippen molar-refractivity contribution in [1.29, 1.82) is 0 Å². The molecule has 2 aromatic rings. The summed E-state index contributed by atoms with van der Waals surface area (Å²) in [5.74, 6) is 2.32. The molecule has 0 N–H and O–H groups in total. The molecule has 0 bridgehead atoms. The molecule has 3 aliphatic carbocycles. The monoisotopic (exact) mass is 486 g/mol. The summed E-state index contributed by atoms with van der Waals surface area (Å²) in [6.45, 7) is 10.7. The SMILES string of the molecule is C=COC1=C(C2=CC=C(Cc3ccc(-c4ccccc4)cc3C3C=CC=CC3C)CC2C)CCC(C)=C1. The van der Waals surface area contributed by atoms with Crippen molar-refractivity contribution >= 4 is 0 Å². The minimum atomic E-state index is 0.400. The third kappa shape index (κ3) is 5.57. The van der Waals surface area contributed by atoms with Crippen LogP contribution in [0.1, 0.15) is 57.1 Å². The van der Waals surface area contributed by atoms with Crippen molar-refractivity contribution in [3.05, 3.63) is 143 Å². The van der Waals surface area contributed by atoms with Crippen molar-refractivity contribution in [2.24, 2.45) is 11.8 Å². The second-order valence-electron chi connectivity index (χ2n) is 10.8. The van der Waals surface area contributed by atoms with E-state index in [1.165, 1.54) is 44.5 Å². The molecule has 0 saturated carbocycles. The Bertz CT molecular complexity index is 1340. The Balaban J connectivity index is 1.48. The summed E-state index contributed by atoms with van der Waals surface area (Å²) in [4.78, 5) is 0. The van der Waals surface area contributed by atoms with Gasteiger partial charge in [-0.05, 0) is 83.9 Å². The van der Waals surface area contributed by atoms with E-state index in [1.54, 1.807) is 6.26 Å². The highest BCUT2D eigenvalue weighted by atomic mass is 16.5. The van der Waals surface area contributed by atoms with Crippen molar-refractivity contribution < 1.29 is 4.74 Å². The maximum absolute atomic E-state index is 5.82. The van der Waals surface area contributed by atoms with Gasteiger partial charge in [0.25, 0.3) is 0 Å². The molecule has 37 heavy (non-hydrogen) atoms. The molecule has 0 aliphatic heterocycles. The molecule has 0 spiro atoms. The zero-order chi connectivity index (χ0) is 25.8. The summed E-state index contributed by atoms with van der Waals surface area (Å²) in [6.07, 6.45) is 21.8. The Hall–Kier alpha value is -3.58. The normalized spacial score (nSPS) is 23.3. The van der Waals surface area contributed by atoms with Crippen LogP contribution in [0.2, 0.25) is 0 Å². The Kier molecular flexibility index (Phi) is 7.60. The molecule has 3 unspecified atom stereocenters. The molecular weight excluding hydrogens is 448 g/mol. The van der Waals surface area contributed by atoms with E-state index in [9.17, 15) is 0 Å². The van der Waals surface area contributed by atoms with Gasteiger partial charge in [-0.25, -0.2) is 0 Å². The van der Waals surface area contributed by atoms with Gasteiger partial charge < -0.3 is 4.74 Å². The lowest BCUT2D eigenvalue weighted by atomic mass is 9.77. The van der Waals surface area contributed by atoms with Gasteiger partial charge in [0.2, 0.25) is 0 Å². The Morgan fingerprint density at radius 2 is 1.76 bits per heavy atom.